The summed E-state index contributed by atoms with van der Waals surface area (Å²) in [7, 11) is 3.73. The Morgan fingerprint density at radius 2 is 2.24 bits per heavy atom. The summed E-state index contributed by atoms with van der Waals surface area (Å²) in [5.74, 6) is 1.83. The molecule has 1 amide bonds. The first-order valence-corrected chi connectivity index (χ1v) is 7.39. The molecule has 1 saturated heterocycles. The lowest BCUT2D eigenvalue weighted by Gasteiger charge is -2.29. The molecule has 5 nitrogen and oxygen atoms in total. The van der Waals surface area contributed by atoms with Crippen molar-refractivity contribution in [3.63, 3.8) is 0 Å². The highest BCUT2D eigenvalue weighted by Crippen LogP contribution is 2.18. The summed E-state index contributed by atoms with van der Waals surface area (Å²) in [5, 5.41) is 2.95. The topological polar surface area (TPSA) is 50.8 Å². The first kappa shape index (κ1) is 15.6. The molecule has 1 fully saturated rings. The molecule has 1 aliphatic heterocycles. The van der Waals surface area contributed by atoms with Crippen LogP contribution in [0.4, 0.5) is 0 Å². The molecule has 1 aromatic rings. The van der Waals surface area contributed by atoms with Crippen molar-refractivity contribution in [3.8, 4) is 11.5 Å². The van der Waals surface area contributed by atoms with Crippen LogP contribution in [0.3, 0.4) is 0 Å². The van der Waals surface area contributed by atoms with Crippen LogP contribution in [0.2, 0.25) is 0 Å². The van der Waals surface area contributed by atoms with Crippen LogP contribution in [0.25, 0.3) is 0 Å². The lowest BCUT2D eigenvalue weighted by atomic mass is 9.98. The lowest BCUT2D eigenvalue weighted by molar-refractivity contribution is -0.123. The van der Waals surface area contributed by atoms with Crippen LogP contribution >= 0.6 is 0 Å². The first-order valence-electron chi connectivity index (χ1n) is 7.39. The molecule has 1 heterocycles. The van der Waals surface area contributed by atoms with Gasteiger partial charge >= 0.3 is 0 Å². The Morgan fingerprint density at radius 1 is 1.43 bits per heavy atom. The van der Waals surface area contributed by atoms with Gasteiger partial charge in [-0.2, -0.15) is 0 Å². The highest BCUT2D eigenvalue weighted by Gasteiger charge is 2.17. The summed E-state index contributed by atoms with van der Waals surface area (Å²) in [6.07, 6.45) is 2.39. The quantitative estimate of drug-likeness (QED) is 0.864. The Hall–Kier alpha value is -1.75. The number of amides is 1. The van der Waals surface area contributed by atoms with Crippen LogP contribution in [-0.4, -0.2) is 51.2 Å². The standard InChI is InChI=1S/C16H24N2O3/c1-18-8-4-5-13(11-18)10-17-16(19)12-21-15-7-3-6-14(9-15)20-2/h3,6-7,9,13H,4-5,8,10-12H2,1-2H3,(H,17,19). The number of benzene rings is 1. The number of hydrogen-bond donors (Lipinski definition) is 1. The molecule has 1 atom stereocenters. The predicted molar refractivity (Wildman–Crippen MR) is 81.7 cm³/mol. The summed E-state index contributed by atoms with van der Waals surface area (Å²) in [4.78, 5) is 14.1. The van der Waals surface area contributed by atoms with Gasteiger partial charge < -0.3 is 19.7 Å². The maximum Gasteiger partial charge on any atom is 0.257 e. The minimum Gasteiger partial charge on any atom is -0.497 e. The van der Waals surface area contributed by atoms with E-state index < -0.39 is 0 Å². The molecule has 0 spiro atoms. The number of rotatable bonds is 6. The van der Waals surface area contributed by atoms with Crippen molar-refractivity contribution in [3.05, 3.63) is 24.3 Å². The van der Waals surface area contributed by atoms with E-state index in [9.17, 15) is 4.79 Å². The maximum atomic E-state index is 11.8. The zero-order valence-electron chi connectivity index (χ0n) is 12.8. The van der Waals surface area contributed by atoms with Gasteiger partial charge in [-0.15, -0.1) is 0 Å². The molecule has 1 aromatic carbocycles. The smallest absolute Gasteiger partial charge is 0.257 e. The summed E-state index contributed by atoms with van der Waals surface area (Å²) in [6, 6.07) is 7.26. The number of piperidine rings is 1. The molecule has 21 heavy (non-hydrogen) atoms. The Morgan fingerprint density at radius 3 is 3.00 bits per heavy atom. The van der Waals surface area contributed by atoms with Crippen molar-refractivity contribution in [1.82, 2.24) is 10.2 Å². The van der Waals surface area contributed by atoms with Gasteiger partial charge in [0.15, 0.2) is 6.61 Å². The van der Waals surface area contributed by atoms with Gasteiger partial charge in [0.05, 0.1) is 7.11 Å². The van der Waals surface area contributed by atoms with Crippen LogP contribution in [0.5, 0.6) is 11.5 Å². The summed E-state index contributed by atoms with van der Waals surface area (Å²) in [6.45, 7) is 2.97. The third-order valence-electron chi connectivity index (χ3n) is 3.72. The molecule has 1 N–H and O–H groups in total. The van der Waals surface area contributed by atoms with E-state index in [1.165, 1.54) is 12.8 Å². The molecule has 116 valence electrons. The fourth-order valence-electron chi connectivity index (χ4n) is 2.59. The molecule has 1 aliphatic rings. The summed E-state index contributed by atoms with van der Waals surface area (Å²) >= 11 is 0. The second-order valence-electron chi connectivity index (χ2n) is 5.54. The molecule has 5 heteroatoms. The van der Waals surface area contributed by atoms with Crippen molar-refractivity contribution < 1.29 is 14.3 Å². The van der Waals surface area contributed by atoms with E-state index in [1.54, 1.807) is 13.2 Å². The zero-order chi connectivity index (χ0) is 15.1. The van der Waals surface area contributed by atoms with Gasteiger partial charge in [-0.1, -0.05) is 6.07 Å². The van der Waals surface area contributed by atoms with Gasteiger partial charge in [-0.25, -0.2) is 0 Å². The van der Waals surface area contributed by atoms with E-state index >= 15 is 0 Å². The fourth-order valence-corrected chi connectivity index (χ4v) is 2.59. The molecule has 0 radical (unpaired) electrons. The highest BCUT2D eigenvalue weighted by molar-refractivity contribution is 5.77. The summed E-state index contributed by atoms with van der Waals surface area (Å²) < 4.78 is 10.6. The average Bonchev–Trinajstić information content (AvgIpc) is 2.51. The molecule has 1 unspecified atom stereocenters. The van der Waals surface area contributed by atoms with E-state index in [1.807, 2.05) is 18.2 Å². The number of nitrogens with zero attached hydrogens (tertiary/aromatic N) is 1. The van der Waals surface area contributed by atoms with Gasteiger partial charge in [0, 0.05) is 19.2 Å². The van der Waals surface area contributed by atoms with Crippen molar-refractivity contribution in [2.45, 2.75) is 12.8 Å². The van der Waals surface area contributed by atoms with Crippen LogP contribution < -0.4 is 14.8 Å². The SMILES string of the molecule is COc1cccc(OCC(=O)NCC2CCCN(C)C2)c1. The van der Waals surface area contributed by atoms with Gasteiger partial charge in [-0.05, 0) is 44.5 Å². The number of nitrogens with one attached hydrogen (secondary N) is 1. The fraction of sp³-hybridized carbons (Fsp3) is 0.562. The van der Waals surface area contributed by atoms with Crippen LogP contribution in [0.15, 0.2) is 24.3 Å². The lowest BCUT2D eigenvalue weighted by Crippen LogP contribution is -2.40. The number of likely N-dealkylation sites (tertiary alicyclic amines) is 1. The van der Waals surface area contributed by atoms with Gasteiger partial charge in [-0.3, -0.25) is 4.79 Å². The second-order valence-corrected chi connectivity index (χ2v) is 5.54. The number of methoxy groups -OCH3 is 1. The van der Waals surface area contributed by atoms with Gasteiger partial charge in [0.2, 0.25) is 0 Å². The van der Waals surface area contributed by atoms with E-state index in [4.69, 9.17) is 9.47 Å². The molecule has 0 aromatic heterocycles. The Bertz CT molecular complexity index is 465. The number of hydrogen-bond acceptors (Lipinski definition) is 4. The molecule has 2 rings (SSSR count). The zero-order valence-corrected chi connectivity index (χ0v) is 12.8. The van der Waals surface area contributed by atoms with Crippen molar-refractivity contribution in [2.24, 2.45) is 5.92 Å². The minimum atomic E-state index is -0.0777. The molecular weight excluding hydrogens is 268 g/mol. The molecular formula is C16H24N2O3. The van der Waals surface area contributed by atoms with Gasteiger partial charge in [0.1, 0.15) is 11.5 Å². The number of carbonyl (C=O) groups excluding carboxylic acids is 1. The monoisotopic (exact) mass is 292 g/mol. The number of carbonyl (C=O) groups is 1. The van der Waals surface area contributed by atoms with Gasteiger partial charge in [0.25, 0.3) is 5.91 Å². The third kappa shape index (κ3) is 5.27. The first-order chi connectivity index (χ1) is 10.2. The van der Waals surface area contributed by atoms with E-state index in [0.717, 1.165) is 25.4 Å². The van der Waals surface area contributed by atoms with Crippen molar-refractivity contribution in [1.29, 1.82) is 0 Å². The van der Waals surface area contributed by atoms with E-state index in [0.29, 0.717) is 11.7 Å². The van der Waals surface area contributed by atoms with E-state index in [2.05, 4.69) is 17.3 Å². The molecule has 0 aliphatic carbocycles. The summed E-state index contributed by atoms with van der Waals surface area (Å²) in [5.41, 5.74) is 0. The van der Waals surface area contributed by atoms with Crippen molar-refractivity contribution >= 4 is 5.91 Å². The normalized spacial score (nSPS) is 19.0. The van der Waals surface area contributed by atoms with Crippen LogP contribution in [0.1, 0.15) is 12.8 Å². The third-order valence-corrected chi connectivity index (χ3v) is 3.72. The largest absolute Gasteiger partial charge is 0.497 e. The minimum absolute atomic E-state index is 0.0374. The Labute approximate surface area is 126 Å². The molecule has 0 saturated carbocycles. The maximum absolute atomic E-state index is 11.8. The van der Waals surface area contributed by atoms with Crippen molar-refractivity contribution in [2.75, 3.05) is 40.4 Å². The highest BCUT2D eigenvalue weighted by atomic mass is 16.5. The van der Waals surface area contributed by atoms with E-state index in [-0.39, 0.29) is 12.5 Å². The Balaban J connectivity index is 1.69. The number of ether oxygens (including phenoxy) is 2. The average molecular weight is 292 g/mol. The van der Waals surface area contributed by atoms with Crippen LogP contribution in [-0.2, 0) is 4.79 Å². The van der Waals surface area contributed by atoms with Crippen LogP contribution in [0, 0.1) is 5.92 Å². The second kappa shape index (κ2) is 7.88. The predicted octanol–water partition coefficient (Wildman–Crippen LogP) is 1.53. The Kier molecular flexibility index (Phi) is 5.87. The molecule has 0 bridgehead atoms.